The lowest BCUT2D eigenvalue weighted by atomic mass is 9.86. The van der Waals surface area contributed by atoms with E-state index in [0.717, 1.165) is 19.3 Å². The van der Waals surface area contributed by atoms with E-state index >= 15 is 0 Å². The summed E-state index contributed by atoms with van der Waals surface area (Å²) in [6.45, 7) is 4.34. The lowest BCUT2D eigenvalue weighted by molar-refractivity contribution is 0.317. The van der Waals surface area contributed by atoms with Crippen LogP contribution in [0.3, 0.4) is 0 Å². The normalized spacial score (nSPS) is 26.5. The van der Waals surface area contributed by atoms with Crippen LogP contribution < -0.4 is 0 Å². The van der Waals surface area contributed by atoms with Crippen molar-refractivity contribution in [3.63, 3.8) is 0 Å². The molecular formula is C9H15NO. The maximum Gasteiger partial charge on any atom is 0.0470 e. The molecule has 1 unspecified atom stereocenters. The Morgan fingerprint density at radius 1 is 1.45 bits per heavy atom. The average Bonchev–Trinajstić information content (AvgIpc) is 1.98. The SMILES string of the molecule is CC1=C(C)CC(/C=N/O)CC1. The monoisotopic (exact) mass is 153 g/mol. The zero-order chi connectivity index (χ0) is 8.27. The van der Waals surface area contributed by atoms with Gasteiger partial charge in [0.2, 0.25) is 0 Å². The Kier molecular flexibility index (Phi) is 2.69. The van der Waals surface area contributed by atoms with Gasteiger partial charge in [-0.2, -0.15) is 0 Å². The molecule has 1 aliphatic rings. The van der Waals surface area contributed by atoms with Crippen molar-refractivity contribution < 1.29 is 5.21 Å². The molecule has 62 valence electrons. The van der Waals surface area contributed by atoms with Crippen LogP contribution in [0.4, 0.5) is 0 Å². The summed E-state index contributed by atoms with van der Waals surface area (Å²) in [6.07, 6.45) is 5.00. The standard InChI is InChI=1S/C9H15NO/c1-7-3-4-9(6-10-11)5-8(7)2/h6,9,11H,3-5H2,1-2H3/b10-6+. The van der Waals surface area contributed by atoms with Crippen LogP contribution in [0.5, 0.6) is 0 Å². The molecule has 11 heavy (non-hydrogen) atoms. The van der Waals surface area contributed by atoms with Gasteiger partial charge in [-0.15, -0.1) is 5.16 Å². The molecule has 1 aliphatic carbocycles. The van der Waals surface area contributed by atoms with Crippen molar-refractivity contribution in [2.75, 3.05) is 0 Å². The van der Waals surface area contributed by atoms with Gasteiger partial charge in [0.1, 0.15) is 0 Å². The minimum absolute atomic E-state index is 0.462. The molecule has 0 aromatic rings. The molecule has 0 bridgehead atoms. The Morgan fingerprint density at radius 3 is 2.73 bits per heavy atom. The van der Waals surface area contributed by atoms with E-state index in [2.05, 4.69) is 19.0 Å². The number of hydrogen-bond acceptors (Lipinski definition) is 2. The third-order valence-electron chi connectivity index (χ3n) is 2.46. The van der Waals surface area contributed by atoms with Crippen molar-refractivity contribution in [2.45, 2.75) is 33.1 Å². The first-order valence-electron chi connectivity index (χ1n) is 4.07. The molecule has 0 saturated heterocycles. The third kappa shape index (κ3) is 2.07. The number of allylic oxidation sites excluding steroid dienone is 2. The number of nitrogens with zero attached hydrogens (tertiary/aromatic N) is 1. The predicted octanol–water partition coefficient (Wildman–Crippen LogP) is 2.58. The van der Waals surface area contributed by atoms with Crippen molar-refractivity contribution in [3.8, 4) is 0 Å². The Morgan fingerprint density at radius 2 is 2.18 bits per heavy atom. The Labute approximate surface area is 67.6 Å². The molecule has 1 rings (SSSR count). The highest BCUT2D eigenvalue weighted by molar-refractivity contribution is 5.60. The van der Waals surface area contributed by atoms with Gasteiger partial charge in [0, 0.05) is 12.1 Å². The van der Waals surface area contributed by atoms with E-state index in [-0.39, 0.29) is 0 Å². The second kappa shape index (κ2) is 3.56. The van der Waals surface area contributed by atoms with E-state index in [4.69, 9.17) is 5.21 Å². The van der Waals surface area contributed by atoms with E-state index in [9.17, 15) is 0 Å². The molecular weight excluding hydrogens is 138 g/mol. The molecule has 2 nitrogen and oxygen atoms in total. The molecule has 2 heteroatoms. The van der Waals surface area contributed by atoms with Gasteiger partial charge in [-0.3, -0.25) is 0 Å². The fourth-order valence-electron chi connectivity index (χ4n) is 1.51. The van der Waals surface area contributed by atoms with Crippen LogP contribution in [0.2, 0.25) is 0 Å². The highest BCUT2D eigenvalue weighted by Crippen LogP contribution is 2.27. The van der Waals surface area contributed by atoms with Gasteiger partial charge in [0.25, 0.3) is 0 Å². The van der Waals surface area contributed by atoms with E-state index in [1.54, 1.807) is 6.21 Å². The Balaban J connectivity index is 2.57. The van der Waals surface area contributed by atoms with Crippen LogP contribution in [0.25, 0.3) is 0 Å². The summed E-state index contributed by atoms with van der Waals surface area (Å²) < 4.78 is 0. The fourth-order valence-corrected chi connectivity index (χ4v) is 1.51. The summed E-state index contributed by atoms with van der Waals surface area (Å²) in [5, 5.41) is 11.4. The summed E-state index contributed by atoms with van der Waals surface area (Å²) in [4.78, 5) is 0. The van der Waals surface area contributed by atoms with Gasteiger partial charge >= 0.3 is 0 Å². The fraction of sp³-hybridized carbons (Fsp3) is 0.667. The highest BCUT2D eigenvalue weighted by Gasteiger charge is 2.14. The van der Waals surface area contributed by atoms with Crippen molar-refractivity contribution in [1.82, 2.24) is 0 Å². The molecule has 1 N–H and O–H groups in total. The van der Waals surface area contributed by atoms with Crippen molar-refractivity contribution in [2.24, 2.45) is 11.1 Å². The minimum Gasteiger partial charge on any atom is -0.411 e. The summed E-state index contributed by atoms with van der Waals surface area (Å²) in [5.74, 6) is 0.462. The van der Waals surface area contributed by atoms with Crippen LogP contribution in [0, 0.1) is 5.92 Å². The van der Waals surface area contributed by atoms with Gasteiger partial charge in [-0.05, 0) is 33.1 Å². The molecule has 0 fully saturated rings. The topological polar surface area (TPSA) is 32.6 Å². The quantitative estimate of drug-likeness (QED) is 0.267. The van der Waals surface area contributed by atoms with E-state index in [1.165, 1.54) is 11.1 Å². The Bertz CT molecular complexity index is 194. The first-order chi connectivity index (χ1) is 5.24. The predicted molar refractivity (Wildman–Crippen MR) is 46.0 cm³/mol. The highest BCUT2D eigenvalue weighted by atomic mass is 16.4. The van der Waals surface area contributed by atoms with E-state index in [1.807, 2.05) is 0 Å². The largest absolute Gasteiger partial charge is 0.411 e. The van der Waals surface area contributed by atoms with Crippen LogP contribution in [-0.2, 0) is 0 Å². The molecule has 0 saturated carbocycles. The summed E-state index contributed by atoms with van der Waals surface area (Å²) in [7, 11) is 0. The van der Waals surface area contributed by atoms with Crippen molar-refractivity contribution in [1.29, 1.82) is 0 Å². The molecule has 0 aromatic carbocycles. The maximum atomic E-state index is 8.32. The van der Waals surface area contributed by atoms with Gasteiger partial charge in [-0.1, -0.05) is 11.1 Å². The zero-order valence-electron chi connectivity index (χ0n) is 7.17. The second-order valence-electron chi connectivity index (χ2n) is 3.33. The molecule has 0 amide bonds. The number of rotatable bonds is 1. The maximum absolute atomic E-state index is 8.32. The molecule has 0 aliphatic heterocycles. The molecule has 0 aromatic heterocycles. The summed E-state index contributed by atoms with van der Waals surface area (Å²) in [6, 6.07) is 0. The van der Waals surface area contributed by atoms with Gasteiger partial charge in [-0.25, -0.2) is 0 Å². The number of oxime groups is 1. The van der Waals surface area contributed by atoms with E-state index in [0.29, 0.717) is 5.92 Å². The van der Waals surface area contributed by atoms with Crippen LogP contribution >= 0.6 is 0 Å². The molecule has 0 heterocycles. The van der Waals surface area contributed by atoms with E-state index < -0.39 is 0 Å². The summed E-state index contributed by atoms with van der Waals surface area (Å²) in [5.41, 5.74) is 2.97. The zero-order valence-corrected chi connectivity index (χ0v) is 7.17. The molecule has 0 radical (unpaired) electrons. The minimum atomic E-state index is 0.462. The smallest absolute Gasteiger partial charge is 0.0470 e. The molecule has 1 atom stereocenters. The Hall–Kier alpha value is -0.790. The average molecular weight is 153 g/mol. The molecule has 0 spiro atoms. The first-order valence-corrected chi connectivity index (χ1v) is 4.07. The van der Waals surface area contributed by atoms with Gasteiger partial charge in [0.05, 0.1) is 0 Å². The summed E-state index contributed by atoms with van der Waals surface area (Å²) >= 11 is 0. The van der Waals surface area contributed by atoms with Crippen molar-refractivity contribution in [3.05, 3.63) is 11.1 Å². The second-order valence-corrected chi connectivity index (χ2v) is 3.33. The first kappa shape index (κ1) is 8.31. The van der Waals surface area contributed by atoms with Crippen LogP contribution in [0.15, 0.2) is 16.3 Å². The van der Waals surface area contributed by atoms with Crippen LogP contribution in [0.1, 0.15) is 33.1 Å². The number of hydrogen-bond donors (Lipinski definition) is 1. The van der Waals surface area contributed by atoms with Gasteiger partial charge < -0.3 is 5.21 Å². The van der Waals surface area contributed by atoms with Crippen molar-refractivity contribution >= 4 is 6.21 Å². The van der Waals surface area contributed by atoms with Gasteiger partial charge in [0.15, 0.2) is 0 Å². The third-order valence-corrected chi connectivity index (χ3v) is 2.46. The lowest BCUT2D eigenvalue weighted by Crippen LogP contribution is -2.09. The van der Waals surface area contributed by atoms with Crippen LogP contribution in [-0.4, -0.2) is 11.4 Å². The lowest BCUT2D eigenvalue weighted by Gasteiger charge is -2.20.